The van der Waals surface area contributed by atoms with Gasteiger partial charge in [-0.05, 0) is 88.4 Å². The summed E-state index contributed by atoms with van der Waals surface area (Å²) in [6.07, 6.45) is 4.55. The van der Waals surface area contributed by atoms with Crippen molar-refractivity contribution in [1.82, 2.24) is 4.90 Å². The Morgan fingerprint density at radius 3 is 2.65 bits per heavy atom. The fourth-order valence-electron chi connectivity index (χ4n) is 3.85. The third-order valence-corrected chi connectivity index (χ3v) is 7.93. The first-order chi connectivity index (χ1) is 20.8. The molecule has 0 bridgehead atoms. The number of thioether (sulfide) groups is 1. The minimum atomic E-state index is -0.430. The number of furan rings is 1. The van der Waals surface area contributed by atoms with Crippen LogP contribution in [0.5, 0.6) is 11.5 Å². The van der Waals surface area contributed by atoms with Gasteiger partial charge < -0.3 is 19.6 Å². The number of aromatic hydroxyl groups is 1. The van der Waals surface area contributed by atoms with Crippen molar-refractivity contribution in [2.45, 2.75) is 6.54 Å². The van der Waals surface area contributed by atoms with Gasteiger partial charge in [0.2, 0.25) is 0 Å². The minimum Gasteiger partial charge on any atom is -0.506 e. The summed E-state index contributed by atoms with van der Waals surface area (Å²) in [6, 6.07) is 19.2. The van der Waals surface area contributed by atoms with Gasteiger partial charge in [-0.3, -0.25) is 14.5 Å². The summed E-state index contributed by atoms with van der Waals surface area (Å²) >= 11 is 7.78. The predicted molar refractivity (Wildman–Crippen MR) is 170 cm³/mol. The highest BCUT2D eigenvalue weighted by atomic mass is 79.9. The molecule has 0 spiro atoms. The zero-order chi connectivity index (χ0) is 30.3. The van der Waals surface area contributed by atoms with E-state index in [-0.39, 0.29) is 24.8 Å². The van der Waals surface area contributed by atoms with E-state index in [1.165, 1.54) is 41.6 Å². The number of rotatable bonds is 9. The number of amidine groups is 1. The molecule has 1 aliphatic rings. The van der Waals surface area contributed by atoms with Gasteiger partial charge in [0.15, 0.2) is 11.8 Å². The van der Waals surface area contributed by atoms with E-state index < -0.39 is 11.7 Å². The molecule has 1 saturated heterocycles. The van der Waals surface area contributed by atoms with E-state index in [4.69, 9.17) is 9.15 Å². The lowest BCUT2D eigenvalue weighted by atomic mass is 10.2. The molecule has 218 valence electrons. The molecule has 0 atom stereocenters. The van der Waals surface area contributed by atoms with Crippen molar-refractivity contribution in [2.24, 2.45) is 10.2 Å². The largest absolute Gasteiger partial charge is 0.506 e. The van der Waals surface area contributed by atoms with Crippen molar-refractivity contribution >= 4 is 78.6 Å². The number of amides is 2. The fraction of sp³-hybridized carbons (Fsp3) is 0.0667. The van der Waals surface area contributed by atoms with Crippen molar-refractivity contribution in [1.29, 1.82) is 0 Å². The maximum absolute atomic E-state index is 13.5. The molecule has 3 aromatic carbocycles. The molecular weight excluding hydrogens is 707 g/mol. The molecule has 2 amide bonds. The smallest absolute Gasteiger partial charge is 0.267 e. The number of carbonyl (C=O) groups excluding carboxylic acids is 2. The molecule has 1 fully saturated rings. The van der Waals surface area contributed by atoms with Crippen LogP contribution in [0.25, 0.3) is 6.08 Å². The molecule has 0 aliphatic carbocycles. The molecule has 5 rings (SSSR count). The number of nitrogens with one attached hydrogen (secondary N) is 1. The first kappa shape index (κ1) is 30.3. The number of halogens is 3. The van der Waals surface area contributed by atoms with Crippen LogP contribution in [-0.4, -0.2) is 39.8 Å². The SMILES string of the molecule is O=C(COc1ccccc1/C=C1\S/C(=N\N=C\c2cc(Br)cc(Br)c2O)N(Cc2ccco2)C1=O)Nc1ccc(F)cc1. The van der Waals surface area contributed by atoms with Crippen molar-refractivity contribution in [3.8, 4) is 11.5 Å². The molecule has 0 radical (unpaired) electrons. The van der Waals surface area contributed by atoms with Crippen molar-refractivity contribution in [2.75, 3.05) is 11.9 Å². The first-order valence-electron chi connectivity index (χ1n) is 12.6. The molecule has 1 aromatic heterocycles. The number of benzene rings is 3. The highest BCUT2D eigenvalue weighted by Gasteiger charge is 2.34. The molecule has 0 unspecified atom stereocenters. The third-order valence-electron chi connectivity index (χ3n) is 5.87. The van der Waals surface area contributed by atoms with E-state index in [0.29, 0.717) is 42.9 Å². The van der Waals surface area contributed by atoms with E-state index in [9.17, 15) is 19.1 Å². The number of phenolic OH excluding ortho intramolecular Hbond substituents is 1. The van der Waals surface area contributed by atoms with Crippen molar-refractivity contribution in [3.63, 3.8) is 0 Å². The maximum Gasteiger partial charge on any atom is 0.267 e. The Balaban J connectivity index is 1.36. The Kier molecular flexibility index (Phi) is 9.75. The van der Waals surface area contributed by atoms with Crippen LogP contribution in [0, 0.1) is 5.82 Å². The lowest BCUT2D eigenvalue weighted by Crippen LogP contribution is -2.28. The summed E-state index contributed by atoms with van der Waals surface area (Å²) in [6.45, 7) is -0.177. The molecule has 2 heterocycles. The van der Waals surface area contributed by atoms with Crippen LogP contribution in [-0.2, 0) is 16.1 Å². The molecule has 4 aromatic rings. The number of hydrogen-bond donors (Lipinski definition) is 2. The van der Waals surface area contributed by atoms with Crippen LogP contribution in [0.4, 0.5) is 10.1 Å². The summed E-state index contributed by atoms with van der Waals surface area (Å²) < 4.78 is 25.6. The van der Waals surface area contributed by atoms with Crippen LogP contribution in [0.15, 0.2) is 108 Å². The second-order valence-corrected chi connectivity index (χ2v) is 11.7. The normalized spacial score (nSPS) is 15.1. The van der Waals surface area contributed by atoms with Crippen LogP contribution in [0.2, 0.25) is 0 Å². The Morgan fingerprint density at radius 1 is 1.09 bits per heavy atom. The Bertz CT molecular complexity index is 1740. The first-order valence-corrected chi connectivity index (χ1v) is 15.0. The van der Waals surface area contributed by atoms with E-state index in [1.54, 1.807) is 54.6 Å². The number of ether oxygens (including phenoxy) is 1. The number of anilines is 1. The van der Waals surface area contributed by atoms with Gasteiger partial charge in [-0.1, -0.05) is 34.1 Å². The van der Waals surface area contributed by atoms with Crippen LogP contribution >= 0.6 is 43.6 Å². The Hall–Kier alpha value is -4.20. The number of phenols is 1. The van der Waals surface area contributed by atoms with Gasteiger partial charge in [-0.15, -0.1) is 5.10 Å². The van der Waals surface area contributed by atoms with E-state index in [2.05, 4.69) is 47.4 Å². The van der Waals surface area contributed by atoms with Crippen LogP contribution in [0.3, 0.4) is 0 Å². The quantitative estimate of drug-likeness (QED) is 0.107. The number of carbonyl (C=O) groups is 2. The van der Waals surface area contributed by atoms with Gasteiger partial charge >= 0.3 is 0 Å². The molecule has 13 heteroatoms. The van der Waals surface area contributed by atoms with Gasteiger partial charge in [-0.2, -0.15) is 5.10 Å². The van der Waals surface area contributed by atoms with Crippen molar-refractivity contribution in [3.05, 3.63) is 116 Å². The summed E-state index contributed by atoms with van der Waals surface area (Å²) in [5.74, 6) is -0.229. The molecule has 0 saturated carbocycles. The maximum atomic E-state index is 13.5. The summed E-state index contributed by atoms with van der Waals surface area (Å²) in [5, 5.41) is 21.7. The topological polar surface area (TPSA) is 117 Å². The monoisotopic (exact) mass is 726 g/mol. The van der Waals surface area contributed by atoms with E-state index in [0.717, 1.165) is 16.2 Å². The number of nitrogens with zero attached hydrogens (tertiary/aromatic N) is 3. The zero-order valence-corrected chi connectivity index (χ0v) is 26.0. The van der Waals surface area contributed by atoms with Gasteiger partial charge in [0.05, 0.1) is 28.4 Å². The highest BCUT2D eigenvalue weighted by Crippen LogP contribution is 2.36. The van der Waals surface area contributed by atoms with Crippen LogP contribution < -0.4 is 10.1 Å². The molecule has 9 nitrogen and oxygen atoms in total. The van der Waals surface area contributed by atoms with Gasteiger partial charge in [0.25, 0.3) is 11.8 Å². The van der Waals surface area contributed by atoms with E-state index in [1.807, 2.05) is 0 Å². The number of hydrogen-bond acceptors (Lipinski definition) is 8. The number of para-hydroxylation sites is 1. The summed E-state index contributed by atoms with van der Waals surface area (Å²) in [5.41, 5.74) is 1.43. The summed E-state index contributed by atoms with van der Waals surface area (Å²) in [4.78, 5) is 27.7. The highest BCUT2D eigenvalue weighted by molar-refractivity contribution is 9.11. The lowest BCUT2D eigenvalue weighted by molar-refractivity contribution is -0.122. The standard InChI is InChI=1S/C30H21Br2FN4O5S/c31-20-12-19(28(39)24(32)14-20)15-34-36-30-37(16-23-5-3-11-41-23)29(40)26(43-30)13-18-4-1-2-6-25(18)42-17-27(38)35-22-9-7-21(33)8-10-22/h1-15,39H,16-17H2,(H,35,38)/b26-13-,34-15+,36-30-. The molecule has 1 aliphatic heterocycles. The van der Waals surface area contributed by atoms with E-state index >= 15 is 0 Å². The van der Waals surface area contributed by atoms with Gasteiger partial charge in [0, 0.05) is 21.3 Å². The molecule has 43 heavy (non-hydrogen) atoms. The van der Waals surface area contributed by atoms with Gasteiger partial charge in [-0.25, -0.2) is 4.39 Å². The zero-order valence-electron chi connectivity index (χ0n) is 22.0. The third kappa shape index (κ3) is 7.80. The second-order valence-electron chi connectivity index (χ2n) is 8.92. The Morgan fingerprint density at radius 2 is 1.88 bits per heavy atom. The average Bonchev–Trinajstić information content (AvgIpc) is 3.60. The second kappa shape index (κ2) is 13.8. The molecule has 2 N–H and O–H groups in total. The lowest BCUT2D eigenvalue weighted by Gasteiger charge is -2.12. The fourth-order valence-corrected chi connectivity index (χ4v) is 6.04. The minimum absolute atomic E-state index is 0.00159. The van der Waals surface area contributed by atoms with Crippen molar-refractivity contribution < 1.29 is 28.2 Å². The summed E-state index contributed by atoms with van der Waals surface area (Å²) in [7, 11) is 0. The Labute approximate surface area is 266 Å². The molecular formula is C30H21Br2FN4O5S. The average molecular weight is 728 g/mol. The van der Waals surface area contributed by atoms with Gasteiger partial charge in [0.1, 0.15) is 23.1 Å². The van der Waals surface area contributed by atoms with Crippen LogP contribution in [0.1, 0.15) is 16.9 Å². The predicted octanol–water partition coefficient (Wildman–Crippen LogP) is 7.17.